The summed E-state index contributed by atoms with van der Waals surface area (Å²) >= 11 is 0. The topological polar surface area (TPSA) is 183 Å². The molecule has 1 aliphatic rings. The van der Waals surface area contributed by atoms with Crippen molar-refractivity contribution in [3.8, 4) is 0 Å². The standard InChI is InChI=1S/C10H13N5O4.C9H9NO/c11-8-5-9(13-2-12-8)15(3-14-5)10-7(18)6(17)4(1-16)19-10;10-9(11)7-6-8-4-2-1-3-5-8/h2-4,6-7,10,16-18H,1H2,(H2,11,12,13);1-7H,(H2,10,11)/t4-,6-,7-,10-;/m1./s1. The Labute approximate surface area is 171 Å². The van der Waals surface area contributed by atoms with E-state index in [1.165, 1.54) is 23.3 Å². The van der Waals surface area contributed by atoms with Crippen molar-refractivity contribution >= 4 is 29.0 Å². The minimum atomic E-state index is -1.19. The number of carbonyl (C=O) groups excluding carboxylic acids is 1. The van der Waals surface area contributed by atoms with Crippen molar-refractivity contribution in [2.24, 2.45) is 5.73 Å². The van der Waals surface area contributed by atoms with Crippen LogP contribution in [-0.4, -0.2) is 65.7 Å². The number of nitrogen functional groups attached to an aromatic ring is 1. The number of benzene rings is 1. The van der Waals surface area contributed by atoms with E-state index in [0.29, 0.717) is 11.2 Å². The number of hydrogen-bond acceptors (Lipinski definition) is 9. The molecular formula is C19H22N6O5. The summed E-state index contributed by atoms with van der Waals surface area (Å²) in [6, 6.07) is 9.53. The van der Waals surface area contributed by atoms with Gasteiger partial charge in [-0.2, -0.15) is 0 Å². The van der Waals surface area contributed by atoms with Crippen LogP contribution in [0.4, 0.5) is 5.82 Å². The molecule has 0 radical (unpaired) electrons. The molecule has 30 heavy (non-hydrogen) atoms. The first-order chi connectivity index (χ1) is 14.4. The van der Waals surface area contributed by atoms with E-state index in [-0.39, 0.29) is 5.82 Å². The lowest BCUT2D eigenvalue weighted by Crippen LogP contribution is -2.33. The summed E-state index contributed by atoms with van der Waals surface area (Å²) in [5, 5.41) is 28.7. The van der Waals surface area contributed by atoms with Crippen molar-refractivity contribution in [3.63, 3.8) is 0 Å². The fourth-order valence-corrected chi connectivity index (χ4v) is 2.91. The third kappa shape index (κ3) is 4.60. The van der Waals surface area contributed by atoms with Crippen molar-refractivity contribution in [2.75, 3.05) is 12.3 Å². The highest BCUT2D eigenvalue weighted by Gasteiger charge is 2.43. The molecule has 3 aromatic rings. The third-order valence-corrected chi connectivity index (χ3v) is 4.42. The molecule has 1 amide bonds. The zero-order valence-electron chi connectivity index (χ0n) is 15.8. The number of nitrogens with zero attached hydrogens (tertiary/aromatic N) is 4. The SMILES string of the molecule is NC(=O)C=Cc1ccccc1.Nc1ncnc2c1ncn2[C@@H]1O[C@H](CO)[C@@H](O)[C@H]1O. The van der Waals surface area contributed by atoms with Crippen LogP contribution in [0.1, 0.15) is 11.8 Å². The molecule has 158 valence electrons. The zero-order chi connectivity index (χ0) is 21.7. The third-order valence-electron chi connectivity index (χ3n) is 4.42. The predicted molar refractivity (Wildman–Crippen MR) is 107 cm³/mol. The first-order valence-electron chi connectivity index (χ1n) is 9.00. The number of amides is 1. The molecule has 1 saturated heterocycles. The Kier molecular flexibility index (Phi) is 6.69. The van der Waals surface area contributed by atoms with Gasteiger partial charge >= 0.3 is 0 Å². The van der Waals surface area contributed by atoms with Crippen LogP contribution >= 0.6 is 0 Å². The lowest BCUT2D eigenvalue weighted by Gasteiger charge is -2.16. The van der Waals surface area contributed by atoms with E-state index in [1.807, 2.05) is 30.3 Å². The normalized spacial score (nSPS) is 23.4. The number of fused-ring (bicyclic) bond motifs is 1. The number of rotatable bonds is 4. The Balaban J connectivity index is 0.000000199. The van der Waals surface area contributed by atoms with Crippen molar-refractivity contribution in [1.29, 1.82) is 0 Å². The van der Waals surface area contributed by atoms with E-state index in [9.17, 15) is 15.0 Å². The Morgan fingerprint density at radius 1 is 1.17 bits per heavy atom. The Morgan fingerprint density at radius 3 is 2.53 bits per heavy atom. The Hall–Kier alpha value is -3.38. The van der Waals surface area contributed by atoms with Crippen molar-refractivity contribution < 1.29 is 24.9 Å². The number of hydrogen-bond donors (Lipinski definition) is 5. The molecule has 0 aliphatic carbocycles. The molecule has 4 rings (SSSR count). The van der Waals surface area contributed by atoms with Gasteiger partial charge in [0.25, 0.3) is 0 Å². The predicted octanol–water partition coefficient (Wildman–Crippen LogP) is -0.795. The van der Waals surface area contributed by atoms with Crippen molar-refractivity contribution in [1.82, 2.24) is 19.5 Å². The number of aliphatic hydroxyl groups is 3. The largest absolute Gasteiger partial charge is 0.394 e. The van der Waals surface area contributed by atoms with Gasteiger partial charge in [0.05, 0.1) is 12.9 Å². The highest BCUT2D eigenvalue weighted by atomic mass is 16.6. The maximum absolute atomic E-state index is 10.3. The first-order valence-corrected chi connectivity index (χ1v) is 9.00. The minimum absolute atomic E-state index is 0.218. The lowest BCUT2D eigenvalue weighted by atomic mass is 10.1. The van der Waals surface area contributed by atoms with Gasteiger partial charge in [-0.1, -0.05) is 30.3 Å². The number of aromatic nitrogens is 4. The molecule has 1 fully saturated rings. The van der Waals surface area contributed by atoms with E-state index >= 15 is 0 Å². The number of nitrogens with two attached hydrogens (primary N) is 2. The second-order valence-electron chi connectivity index (χ2n) is 6.46. The van der Waals surface area contributed by atoms with E-state index in [4.69, 9.17) is 21.3 Å². The number of imidazole rings is 1. The van der Waals surface area contributed by atoms with Gasteiger partial charge in [-0.05, 0) is 11.6 Å². The van der Waals surface area contributed by atoms with Crippen LogP contribution in [0.15, 0.2) is 49.1 Å². The van der Waals surface area contributed by atoms with Crippen molar-refractivity contribution in [3.05, 3.63) is 54.6 Å². The number of aliphatic hydroxyl groups excluding tert-OH is 3. The van der Waals surface area contributed by atoms with E-state index in [2.05, 4.69) is 15.0 Å². The molecule has 7 N–H and O–H groups in total. The summed E-state index contributed by atoms with van der Waals surface area (Å²) in [7, 11) is 0. The second kappa shape index (κ2) is 9.41. The molecule has 4 atom stereocenters. The fraction of sp³-hybridized carbons (Fsp3) is 0.263. The monoisotopic (exact) mass is 414 g/mol. The van der Waals surface area contributed by atoms with Crippen LogP contribution < -0.4 is 11.5 Å². The van der Waals surface area contributed by atoms with Gasteiger partial charge in [0.2, 0.25) is 5.91 Å². The average molecular weight is 414 g/mol. The Bertz CT molecular complexity index is 1020. The quantitative estimate of drug-likeness (QED) is 0.341. The maximum Gasteiger partial charge on any atom is 0.241 e. The summed E-state index contributed by atoms with van der Waals surface area (Å²) in [6.07, 6.45) is 1.60. The van der Waals surface area contributed by atoms with Gasteiger partial charge in [0, 0.05) is 6.08 Å². The molecule has 2 aromatic heterocycles. The molecule has 1 aromatic carbocycles. The molecule has 1 aliphatic heterocycles. The van der Waals surface area contributed by atoms with E-state index in [1.54, 1.807) is 6.08 Å². The molecular weight excluding hydrogens is 392 g/mol. The number of ether oxygens (including phenoxy) is 1. The summed E-state index contributed by atoms with van der Waals surface area (Å²) in [6.45, 7) is -0.390. The van der Waals surface area contributed by atoms with Gasteiger partial charge in [-0.15, -0.1) is 0 Å². The average Bonchev–Trinajstić information content (AvgIpc) is 3.30. The molecule has 11 heteroatoms. The van der Waals surface area contributed by atoms with Gasteiger partial charge in [-0.3, -0.25) is 9.36 Å². The fourth-order valence-electron chi connectivity index (χ4n) is 2.91. The summed E-state index contributed by atoms with van der Waals surface area (Å²) in [5.41, 5.74) is 12.3. The van der Waals surface area contributed by atoms with Crippen molar-refractivity contribution in [2.45, 2.75) is 24.5 Å². The minimum Gasteiger partial charge on any atom is -0.394 e. The lowest BCUT2D eigenvalue weighted by molar-refractivity contribution is -0.113. The summed E-state index contributed by atoms with van der Waals surface area (Å²) in [5.74, 6) is -0.204. The molecule has 11 nitrogen and oxygen atoms in total. The highest BCUT2D eigenvalue weighted by Crippen LogP contribution is 2.31. The highest BCUT2D eigenvalue weighted by molar-refractivity contribution is 5.90. The number of carbonyl (C=O) groups is 1. The smallest absolute Gasteiger partial charge is 0.241 e. The molecule has 3 heterocycles. The van der Waals surface area contributed by atoms with E-state index in [0.717, 1.165) is 5.56 Å². The van der Waals surface area contributed by atoms with Gasteiger partial charge < -0.3 is 31.5 Å². The maximum atomic E-state index is 10.3. The first kappa shape index (κ1) is 21.3. The van der Waals surface area contributed by atoms with Crippen LogP contribution in [0.2, 0.25) is 0 Å². The van der Waals surface area contributed by atoms with Gasteiger partial charge in [0.1, 0.15) is 30.2 Å². The molecule has 0 spiro atoms. The molecule has 0 unspecified atom stereocenters. The second-order valence-corrected chi connectivity index (χ2v) is 6.46. The van der Waals surface area contributed by atoms with Crippen LogP contribution in [0, 0.1) is 0 Å². The van der Waals surface area contributed by atoms with Crippen LogP contribution in [0.5, 0.6) is 0 Å². The Morgan fingerprint density at radius 2 is 1.90 bits per heavy atom. The van der Waals surface area contributed by atoms with Crippen LogP contribution in [-0.2, 0) is 9.53 Å². The van der Waals surface area contributed by atoms with Crippen LogP contribution in [0.25, 0.3) is 17.2 Å². The van der Waals surface area contributed by atoms with Gasteiger partial charge in [-0.25, -0.2) is 15.0 Å². The van der Waals surface area contributed by atoms with Crippen LogP contribution in [0.3, 0.4) is 0 Å². The summed E-state index contributed by atoms with van der Waals surface area (Å²) < 4.78 is 6.85. The van der Waals surface area contributed by atoms with E-state index < -0.39 is 37.1 Å². The summed E-state index contributed by atoms with van der Waals surface area (Å²) in [4.78, 5) is 22.2. The molecule has 0 bridgehead atoms. The zero-order valence-corrected chi connectivity index (χ0v) is 15.8. The number of anilines is 1. The molecule has 0 saturated carbocycles. The number of primary amides is 1. The van der Waals surface area contributed by atoms with Gasteiger partial charge in [0.15, 0.2) is 17.7 Å².